The van der Waals surface area contributed by atoms with Crippen LogP contribution in [-0.4, -0.2) is 16.7 Å². The molecule has 1 aromatic carbocycles. The number of aromatic nitrogens is 2. The third-order valence-corrected chi connectivity index (χ3v) is 3.06. The van der Waals surface area contributed by atoms with E-state index in [1.165, 1.54) is 5.56 Å². The Morgan fingerprint density at radius 3 is 2.39 bits per heavy atom. The second-order valence-corrected chi connectivity index (χ2v) is 4.87. The number of nitrogens with two attached hydrogens (primary N) is 1. The Morgan fingerprint density at radius 2 is 1.83 bits per heavy atom. The number of hydrogen-bond donors (Lipinski definition) is 1. The van der Waals surface area contributed by atoms with E-state index in [-0.39, 0.29) is 5.92 Å². The summed E-state index contributed by atoms with van der Waals surface area (Å²) in [6, 6.07) is 8.21. The molecule has 0 amide bonds. The van der Waals surface area contributed by atoms with Crippen molar-refractivity contribution in [3.8, 4) is 11.5 Å². The van der Waals surface area contributed by atoms with Crippen LogP contribution in [0.25, 0.3) is 11.5 Å². The number of hydrogen-bond acceptors (Lipinski definition) is 4. The quantitative estimate of drug-likeness (QED) is 0.899. The minimum absolute atomic E-state index is 0.123. The highest BCUT2D eigenvalue weighted by molar-refractivity contribution is 5.53. The molecule has 0 saturated carbocycles. The van der Waals surface area contributed by atoms with Gasteiger partial charge < -0.3 is 10.3 Å². The second-order valence-electron chi connectivity index (χ2n) is 4.87. The lowest BCUT2D eigenvalue weighted by molar-refractivity contribution is 0.418. The summed E-state index contributed by atoms with van der Waals surface area (Å²) in [5.74, 6) is 1.87. The zero-order chi connectivity index (χ0) is 13.1. The molecule has 0 bridgehead atoms. The summed E-state index contributed by atoms with van der Waals surface area (Å²) in [7, 11) is 0. The molecule has 4 heteroatoms. The fourth-order valence-electron chi connectivity index (χ4n) is 1.67. The standard InChI is InChI=1S/C14H19N3O/c1-9(2)11-4-6-12(7-5-11)14-16-13(17-18-14)10(3)8-15/h4-7,9-10H,8,15H2,1-3H3. The summed E-state index contributed by atoms with van der Waals surface area (Å²) >= 11 is 0. The molecular formula is C14H19N3O. The molecule has 0 aliphatic carbocycles. The molecular weight excluding hydrogens is 226 g/mol. The van der Waals surface area contributed by atoms with Crippen molar-refractivity contribution < 1.29 is 4.52 Å². The molecule has 0 aliphatic rings. The van der Waals surface area contributed by atoms with Crippen LogP contribution in [0.2, 0.25) is 0 Å². The first kappa shape index (κ1) is 12.8. The van der Waals surface area contributed by atoms with Gasteiger partial charge >= 0.3 is 0 Å². The third-order valence-electron chi connectivity index (χ3n) is 3.06. The molecule has 0 radical (unpaired) electrons. The highest BCUT2D eigenvalue weighted by atomic mass is 16.5. The van der Waals surface area contributed by atoms with Crippen molar-refractivity contribution in [1.29, 1.82) is 0 Å². The first-order valence-electron chi connectivity index (χ1n) is 6.25. The Morgan fingerprint density at radius 1 is 1.17 bits per heavy atom. The van der Waals surface area contributed by atoms with Crippen molar-refractivity contribution in [3.05, 3.63) is 35.7 Å². The molecule has 18 heavy (non-hydrogen) atoms. The molecule has 0 aliphatic heterocycles. The Labute approximate surface area is 107 Å². The van der Waals surface area contributed by atoms with Gasteiger partial charge in [-0.25, -0.2) is 0 Å². The Bertz CT molecular complexity index is 502. The van der Waals surface area contributed by atoms with Crippen LogP contribution in [0.4, 0.5) is 0 Å². The Balaban J connectivity index is 2.23. The third kappa shape index (κ3) is 2.59. The summed E-state index contributed by atoms with van der Waals surface area (Å²) in [4.78, 5) is 4.37. The van der Waals surface area contributed by atoms with E-state index < -0.39 is 0 Å². The predicted molar refractivity (Wildman–Crippen MR) is 71.3 cm³/mol. The van der Waals surface area contributed by atoms with Crippen LogP contribution in [0.3, 0.4) is 0 Å². The summed E-state index contributed by atoms with van der Waals surface area (Å²) < 4.78 is 5.26. The zero-order valence-electron chi connectivity index (χ0n) is 11.1. The smallest absolute Gasteiger partial charge is 0.257 e. The van der Waals surface area contributed by atoms with E-state index in [9.17, 15) is 0 Å². The van der Waals surface area contributed by atoms with E-state index in [1.807, 2.05) is 19.1 Å². The van der Waals surface area contributed by atoms with Gasteiger partial charge in [0.25, 0.3) is 5.89 Å². The van der Waals surface area contributed by atoms with Gasteiger partial charge in [0, 0.05) is 18.0 Å². The zero-order valence-corrected chi connectivity index (χ0v) is 11.1. The highest BCUT2D eigenvalue weighted by Gasteiger charge is 2.13. The van der Waals surface area contributed by atoms with Gasteiger partial charge in [0.15, 0.2) is 5.82 Å². The van der Waals surface area contributed by atoms with Crippen LogP contribution in [0.5, 0.6) is 0 Å². The van der Waals surface area contributed by atoms with Gasteiger partial charge in [-0.1, -0.05) is 38.1 Å². The van der Waals surface area contributed by atoms with Crippen molar-refractivity contribution in [1.82, 2.24) is 10.1 Å². The average Bonchev–Trinajstić information content (AvgIpc) is 2.87. The minimum Gasteiger partial charge on any atom is -0.334 e. The van der Waals surface area contributed by atoms with Crippen molar-refractivity contribution in [3.63, 3.8) is 0 Å². The lowest BCUT2D eigenvalue weighted by atomic mass is 10.0. The average molecular weight is 245 g/mol. The van der Waals surface area contributed by atoms with Crippen LogP contribution >= 0.6 is 0 Å². The maximum Gasteiger partial charge on any atom is 0.257 e. The summed E-state index contributed by atoms with van der Waals surface area (Å²) in [5, 5.41) is 3.95. The van der Waals surface area contributed by atoms with Crippen molar-refractivity contribution >= 4 is 0 Å². The molecule has 2 rings (SSSR count). The Kier molecular flexibility index (Phi) is 3.77. The molecule has 1 unspecified atom stereocenters. The van der Waals surface area contributed by atoms with Gasteiger partial charge in [0.2, 0.25) is 0 Å². The van der Waals surface area contributed by atoms with Crippen molar-refractivity contribution in [2.24, 2.45) is 5.73 Å². The van der Waals surface area contributed by atoms with E-state index in [2.05, 4.69) is 36.1 Å². The monoisotopic (exact) mass is 245 g/mol. The van der Waals surface area contributed by atoms with E-state index in [0.29, 0.717) is 24.2 Å². The van der Waals surface area contributed by atoms with Crippen LogP contribution in [0.1, 0.15) is 44.0 Å². The van der Waals surface area contributed by atoms with Gasteiger partial charge in [0.05, 0.1) is 0 Å². The molecule has 0 saturated heterocycles. The Hall–Kier alpha value is -1.68. The van der Waals surface area contributed by atoms with Gasteiger partial charge in [-0.05, 0) is 23.6 Å². The van der Waals surface area contributed by atoms with Crippen molar-refractivity contribution in [2.75, 3.05) is 6.54 Å². The topological polar surface area (TPSA) is 64.9 Å². The summed E-state index contributed by atoms with van der Waals surface area (Å²) in [6.07, 6.45) is 0. The van der Waals surface area contributed by atoms with Gasteiger partial charge in [-0.2, -0.15) is 4.98 Å². The second kappa shape index (κ2) is 5.31. The number of rotatable bonds is 4. The first-order valence-corrected chi connectivity index (χ1v) is 6.25. The van der Waals surface area contributed by atoms with Gasteiger partial charge in [-0.3, -0.25) is 0 Å². The molecule has 1 atom stereocenters. The fourth-order valence-corrected chi connectivity index (χ4v) is 1.67. The van der Waals surface area contributed by atoms with E-state index >= 15 is 0 Å². The lowest BCUT2D eigenvalue weighted by Gasteiger charge is -2.04. The van der Waals surface area contributed by atoms with E-state index in [4.69, 9.17) is 10.3 Å². The summed E-state index contributed by atoms with van der Waals surface area (Å²) in [5.41, 5.74) is 7.83. The molecule has 4 nitrogen and oxygen atoms in total. The van der Waals surface area contributed by atoms with Crippen molar-refractivity contribution in [2.45, 2.75) is 32.6 Å². The fraction of sp³-hybridized carbons (Fsp3) is 0.429. The molecule has 0 fully saturated rings. The molecule has 2 aromatic rings. The maximum absolute atomic E-state index is 5.58. The van der Waals surface area contributed by atoms with Gasteiger partial charge in [-0.15, -0.1) is 0 Å². The number of benzene rings is 1. The van der Waals surface area contributed by atoms with Crippen LogP contribution in [0.15, 0.2) is 28.8 Å². The first-order chi connectivity index (χ1) is 8.61. The van der Waals surface area contributed by atoms with Crippen LogP contribution in [0, 0.1) is 0 Å². The predicted octanol–water partition coefficient (Wildman–Crippen LogP) is 2.92. The molecule has 1 heterocycles. The highest BCUT2D eigenvalue weighted by Crippen LogP contribution is 2.22. The molecule has 0 spiro atoms. The molecule has 96 valence electrons. The minimum atomic E-state index is 0.123. The summed E-state index contributed by atoms with van der Waals surface area (Å²) in [6.45, 7) is 6.84. The number of nitrogens with zero attached hydrogens (tertiary/aromatic N) is 2. The van der Waals surface area contributed by atoms with Crippen LogP contribution in [-0.2, 0) is 0 Å². The van der Waals surface area contributed by atoms with Gasteiger partial charge in [0.1, 0.15) is 0 Å². The normalized spacial score (nSPS) is 12.9. The van der Waals surface area contributed by atoms with E-state index in [0.717, 1.165) is 5.56 Å². The largest absolute Gasteiger partial charge is 0.334 e. The molecule has 1 aromatic heterocycles. The lowest BCUT2D eigenvalue weighted by Crippen LogP contribution is -2.10. The maximum atomic E-state index is 5.58. The molecule has 2 N–H and O–H groups in total. The van der Waals surface area contributed by atoms with E-state index in [1.54, 1.807) is 0 Å². The van der Waals surface area contributed by atoms with Crippen LogP contribution < -0.4 is 5.73 Å². The SMILES string of the molecule is CC(C)c1ccc(-c2nc(C(C)CN)no2)cc1.